The molecular formula is C25H29N3O3. The number of nitrogens with one attached hydrogen (secondary N) is 1. The Balaban J connectivity index is 1.09. The van der Waals surface area contributed by atoms with Crippen molar-refractivity contribution < 1.29 is 14.3 Å². The molecule has 1 fully saturated rings. The molecule has 1 saturated heterocycles. The molecule has 0 radical (unpaired) electrons. The van der Waals surface area contributed by atoms with Gasteiger partial charge in [-0.25, -0.2) is 0 Å². The highest BCUT2D eigenvalue weighted by Crippen LogP contribution is 2.39. The van der Waals surface area contributed by atoms with Crippen LogP contribution in [0.3, 0.4) is 0 Å². The van der Waals surface area contributed by atoms with Crippen LogP contribution in [0.1, 0.15) is 24.8 Å². The fourth-order valence-electron chi connectivity index (χ4n) is 4.59. The van der Waals surface area contributed by atoms with Gasteiger partial charge in [0.1, 0.15) is 13.2 Å². The van der Waals surface area contributed by atoms with Crippen molar-refractivity contribution in [3.05, 3.63) is 54.2 Å². The Bertz CT molecular complexity index is 1050. The van der Waals surface area contributed by atoms with Gasteiger partial charge in [-0.2, -0.15) is 0 Å². The number of aromatic nitrogens is 1. The fraction of sp³-hybridized carbons (Fsp3) is 0.400. The van der Waals surface area contributed by atoms with Crippen molar-refractivity contribution in [1.82, 2.24) is 9.88 Å². The number of hydrogen-bond donors (Lipinski definition) is 1. The van der Waals surface area contributed by atoms with E-state index in [1.54, 1.807) is 0 Å². The zero-order valence-electron chi connectivity index (χ0n) is 17.8. The van der Waals surface area contributed by atoms with Gasteiger partial charge in [0.15, 0.2) is 11.5 Å². The number of para-hydroxylation sites is 2. The van der Waals surface area contributed by atoms with Crippen LogP contribution in [-0.2, 0) is 11.2 Å². The van der Waals surface area contributed by atoms with E-state index >= 15 is 0 Å². The van der Waals surface area contributed by atoms with Gasteiger partial charge in [-0.3, -0.25) is 4.79 Å². The first-order chi connectivity index (χ1) is 15.3. The molecule has 1 amide bonds. The number of amides is 1. The van der Waals surface area contributed by atoms with Crippen LogP contribution < -0.4 is 14.4 Å². The molecule has 3 heterocycles. The molecule has 6 nitrogen and oxygen atoms in total. The number of carbonyl (C=O) groups excluding carboxylic acids is 1. The van der Waals surface area contributed by atoms with Gasteiger partial charge >= 0.3 is 0 Å². The van der Waals surface area contributed by atoms with Crippen LogP contribution in [0, 0.1) is 0 Å². The predicted octanol–water partition coefficient (Wildman–Crippen LogP) is 4.00. The summed E-state index contributed by atoms with van der Waals surface area (Å²) in [5, 5.41) is 1.29. The molecule has 3 aromatic rings. The molecule has 2 aliphatic heterocycles. The van der Waals surface area contributed by atoms with Crippen molar-refractivity contribution in [1.29, 1.82) is 0 Å². The van der Waals surface area contributed by atoms with Crippen LogP contribution in [0.4, 0.5) is 5.69 Å². The number of hydrogen-bond acceptors (Lipinski definition) is 4. The van der Waals surface area contributed by atoms with Crippen molar-refractivity contribution in [2.75, 3.05) is 44.3 Å². The first-order valence-corrected chi connectivity index (χ1v) is 11.3. The van der Waals surface area contributed by atoms with Gasteiger partial charge in [-0.15, -0.1) is 0 Å². The Hall–Kier alpha value is -3.15. The average Bonchev–Trinajstić information content (AvgIpc) is 3.24. The molecule has 1 aromatic heterocycles. The Labute approximate surface area is 182 Å². The lowest BCUT2D eigenvalue weighted by molar-refractivity contribution is -0.131. The van der Waals surface area contributed by atoms with Crippen LogP contribution in [0.5, 0.6) is 11.5 Å². The molecule has 1 N–H and O–H groups in total. The zero-order chi connectivity index (χ0) is 21.0. The zero-order valence-corrected chi connectivity index (χ0v) is 17.8. The standard InChI is InChI=1S/C25H29N3O3/c29-24(11-4-1-6-19-18-26-21-8-3-2-7-20(19)21)28-14-12-27(13-15-28)22-9-5-10-23-25(22)31-17-16-30-23/h2-3,5,7-10,18,26H,1,4,6,11-17H2. The van der Waals surface area contributed by atoms with Crippen LogP contribution in [0.2, 0.25) is 0 Å². The van der Waals surface area contributed by atoms with E-state index in [0.717, 1.165) is 62.6 Å². The van der Waals surface area contributed by atoms with E-state index in [1.807, 2.05) is 23.1 Å². The van der Waals surface area contributed by atoms with Crippen molar-refractivity contribution in [3.8, 4) is 11.5 Å². The molecule has 0 unspecified atom stereocenters. The highest BCUT2D eigenvalue weighted by atomic mass is 16.6. The number of benzene rings is 2. The van der Waals surface area contributed by atoms with Gasteiger partial charge in [0.05, 0.1) is 5.69 Å². The Morgan fingerprint density at radius 1 is 0.935 bits per heavy atom. The van der Waals surface area contributed by atoms with Crippen molar-refractivity contribution in [2.45, 2.75) is 25.7 Å². The van der Waals surface area contributed by atoms with Crippen molar-refractivity contribution in [2.24, 2.45) is 0 Å². The predicted molar refractivity (Wildman–Crippen MR) is 122 cm³/mol. The van der Waals surface area contributed by atoms with E-state index in [9.17, 15) is 4.79 Å². The third-order valence-electron chi connectivity index (χ3n) is 6.28. The largest absolute Gasteiger partial charge is 0.486 e. The number of ether oxygens (including phenoxy) is 2. The first-order valence-electron chi connectivity index (χ1n) is 11.3. The topological polar surface area (TPSA) is 57.8 Å². The molecule has 31 heavy (non-hydrogen) atoms. The molecule has 0 saturated carbocycles. The third-order valence-corrected chi connectivity index (χ3v) is 6.28. The molecule has 5 rings (SSSR count). The second-order valence-electron chi connectivity index (χ2n) is 8.24. The summed E-state index contributed by atoms with van der Waals surface area (Å²) in [7, 11) is 0. The fourth-order valence-corrected chi connectivity index (χ4v) is 4.59. The molecular weight excluding hydrogens is 390 g/mol. The number of H-pyrrole nitrogens is 1. The van der Waals surface area contributed by atoms with Gasteiger partial charge in [-0.1, -0.05) is 24.3 Å². The lowest BCUT2D eigenvalue weighted by Gasteiger charge is -2.37. The lowest BCUT2D eigenvalue weighted by atomic mass is 10.1. The summed E-state index contributed by atoms with van der Waals surface area (Å²) in [5.41, 5.74) is 3.60. The maximum absolute atomic E-state index is 12.7. The molecule has 0 atom stereocenters. The molecule has 0 bridgehead atoms. The first kappa shape index (κ1) is 19.8. The summed E-state index contributed by atoms with van der Waals surface area (Å²) >= 11 is 0. The van der Waals surface area contributed by atoms with E-state index in [1.165, 1.54) is 16.5 Å². The van der Waals surface area contributed by atoms with Crippen LogP contribution in [0.25, 0.3) is 10.9 Å². The number of aromatic amines is 1. The van der Waals surface area contributed by atoms with Gasteiger partial charge in [-0.05, 0) is 43.0 Å². The third kappa shape index (κ3) is 4.20. The number of aryl methyl sites for hydroxylation is 1. The van der Waals surface area contributed by atoms with Crippen molar-refractivity contribution >= 4 is 22.5 Å². The van der Waals surface area contributed by atoms with Crippen LogP contribution in [-0.4, -0.2) is 55.2 Å². The second kappa shape index (κ2) is 8.92. The monoisotopic (exact) mass is 419 g/mol. The minimum absolute atomic E-state index is 0.272. The number of piperazine rings is 1. The smallest absolute Gasteiger partial charge is 0.222 e. The van der Waals surface area contributed by atoms with E-state index in [0.29, 0.717) is 19.6 Å². The minimum Gasteiger partial charge on any atom is -0.486 e. The second-order valence-corrected chi connectivity index (χ2v) is 8.24. The molecule has 2 aromatic carbocycles. The summed E-state index contributed by atoms with van der Waals surface area (Å²) in [6.45, 7) is 4.33. The molecule has 162 valence electrons. The van der Waals surface area contributed by atoms with E-state index < -0.39 is 0 Å². The summed E-state index contributed by atoms with van der Waals surface area (Å²) in [4.78, 5) is 20.3. The van der Waals surface area contributed by atoms with Gasteiger partial charge in [0, 0.05) is 49.7 Å². The number of anilines is 1. The molecule has 0 aliphatic carbocycles. The van der Waals surface area contributed by atoms with Gasteiger partial charge in [0.25, 0.3) is 0 Å². The van der Waals surface area contributed by atoms with E-state index in [4.69, 9.17) is 9.47 Å². The number of fused-ring (bicyclic) bond motifs is 2. The summed E-state index contributed by atoms with van der Waals surface area (Å²) < 4.78 is 11.6. The van der Waals surface area contributed by atoms with E-state index in [-0.39, 0.29) is 5.91 Å². The number of nitrogens with zero attached hydrogens (tertiary/aromatic N) is 2. The molecule has 0 spiro atoms. The van der Waals surface area contributed by atoms with Crippen molar-refractivity contribution in [3.63, 3.8) is 0 Å². The quantitative estimate of drug-likeness (QED) is 0.614. The molecule has 6 heteroatoms. The summed E-state index contributed by atoms with van der Waals surface area (Å²) in [6.07, 6.45) is 5.69. The lowest BCUT2D eigenvalue weighted by Crippen LogP contribution is -2.48. The summed E-state index contributed by atoms with van der Waals surface area (Å²) in [5.74, 6) is 1.93. The van der Waals surface area contributed by atoms with E-state index in [2.05, 4.69) is 40.3 Å². The van der Waals surface area contributed by atoms with Crippen LogP contribution >= 0.6 is 0 Å². The number of carbonyl (C=O) groups is 1. The van der Waals surface area contributed by atoms with Gasteiger partial charge < -0.3 is 24.3 Å². The Morgan fingerprint density at radius 2 is 1.77 bits per heavy atom. The average molecular weight is 420 g/mol. The SMILES string of the molecule is O=C(CCCCc1c[nH]c2ccccc12)N1CCN(c2cccc3c2OCCO3)CC1. The Morgan fingerprint density at radius 3 is 2.68 bits per heavy atom. The Kier molecular flexibility index (Phi) is 5.69. The minimum atomic E-state index is 0.272. The highest BCUT2D eigenvalue weighted by Gasteiger charge is 2.25. The number of rotatable bonds is 6. The maximum Gasteiger partial charge on any atom is 0.222 e. The van der Waals surface area contributed by atoms with Gasteiger partial charge in [0.2, 0.25) is 5.91 Å². The molecule has 2 aliphatic rings. The summed E-state index contributed by atoms with van der Waals surface area (Å²) in [6, 6.07) is 14.4. The number of unbranched alkanes of at least 4 members (excludes halogenated alkanes) is 1. The normalized spacial score (nSPS) is 16.0. The highest BCUT2D eigenvalue weighted by molar-refractivity contribution is 5.83. The maximum atomic E-state index is 12.7. The van der Waals surface area contributed by atoms with Crippen LogP contribution in [0.15, 0.2) is 48.7 Å².